The van der Waals surface area contributed by atoms with Crippen molar-refractivity contribution in [2.75, 3.05) is 13.1 Å². The lowest BCUT2D eigenvalue weighted by molar-refractivity contribution is -0.117. The van der Waals surface area contributed by atoms with Gasteiger partial charge in [-0.25, -0.2) is 0 Å². The quantitative estimate of drug-likeness (QED) is 0.873. The largest absolute Gasteiger partial charge is 0.350 e. The van der Waals surface area contributed by atoms with Gasteiger partial charge in [0.25, 0.3) is 5.91 Å². The van der Waals surface area contributed by atoms with E-state index in [4.69, 9.17) is 0 Å². The van der Waals surface area contributed by atoms with Gasteiger partial charge in [-0.3, -0.25) is 14.6 Å². The van der Waals surface area contributed by atoms with Gasteiger partial charge in [0.05, 0.1) is 0 Å². The van der Waals surface area contributed by atoms with Gasteiger partial charge in [-0.1, -0.05) is 30.3 Å². The highest BCUT2D eigenvalue weighted by molar-refractivity contribution is 5.94. The zero-order valence-electron chi connectivity index (χ0n) is 14.0. The van der Waals surface area contributed by atoms with Gasteiger partial charge >= 0.3 is 0 Å². The van der Waals surface area contributed by atoms with E-state index in [0.29, 0.717) is 18.7 Å². The molecule has 5 nitrogen and oxygen atoms in total. The Labute approximate surface area is 147 Å². The molecule has 5 heteroatoms. The first-order valence-corrected chi connectivity index (χ1v) is 8.45. The molecule has 1 aliphatic heterocycles. The van der Waals surface area contributed by atoms with E-state index in [1.54, 1.807) is 36.7 Å². The summed E-state index contributed by atoms with van der Waals surface area (Å²) in [6, 6.07) is 13.3. The first-order chi connectivity index (χ1) is 12.2. The molecule has 0 spiro atoms. The van der Waals surface area contributed by atoms with Gasteiger partial charge in [-0.2, -0.15) is 0 Å². The number of rotatable bonds is 4. The Morgan fingerprint density at radius 3 is 2.40 bits per heavy atom. The van der Waals surface area contributed by atoms with Crippen molar-refractivity contribution in [3.63, 3.8) is 0 Å². The molecule has 0 saturated carbocycles. The number of nitrogens with one attached hydrogen (secondary N) is 1. The zero-order valence-corrected chi connectivity index (χ0v) is 14.0. The van der Waals surface area contributed by atoms with Crippen LogP contribution < -0.4 is 5.32 Å². The van der Waals surface area contributed by atoms with Gasteiger partial charge in [-0.05, 0) is 36.6 Å². The van der Waals surface area contributed by atoms with E-state index in [9.17, 15) is 9.59 Å². The molecule has 2 amide bonds. The average Bonchev–Trinajstić information content (AvgIpc) is 2.68. The van der Waals surface area contributed by atoms with Crippen LogP contribution in [0.1, 0.15) is 28.8 Å². The van der Waals surface area contributed by atoms with Crippen LogP contribution in [-0.2, 0) is 4.79 Å². The predicted molar refractivity (Wildman–Crippen MR) is 96.8 cm³/mol. The number of piperidine rings is 1. The molecular formula is C20H21N3O2. The molecule has 0 unspecified atom stereocenters. The second kappa shape index (κ2) is 8.24. The summed E-state index contributed by atoms with van der Waals surface area (Å²) in [5.74, 6) is -0.0705. The monoisotopic (exact) mass is 335 g/mol. The van der Waals surface area contributed by atoms with Crippen LogP contribution >= 0.6 is 0 Å². The van der Waals surface area contributed by atoms with Gasteiger partial charge in [0, 0.05) is 43.2 Å². The van der Waals surface area contributed by atoms with E-state index >= 15 is 0 Å². The zero-order chi connectivity index (χ0) is 17.5. The van der Waals surface area contributed by atoms with Crippen LogP contribution in [0.5, 0.6) is 0 Å². The van der Waals surface area contributed by atoms with Crippen LogP contribution in [0, 0.1) is 0 Å². The summed E-state index contributed by atoms with van der Waals surface area (Å²) in [5.41, 5.74) is 1.65. The smallest absolute Gasteiger partial charge is 0.253 e. The molecule has 1 aromatic heterocycles. The average molecular weight is 335 g/mol. The summed E-state index contributed by atoms with van der Waals surface area (Å²) in [4.78, 5) is 30.2. The Kier molecular flexibility index (Phi) is 5.57. The highest BCUT2D eigenvalue weighted by atomic mass is 16.2. The van der Waals surface area contributed by atoms with E-state index in [1.165, 1.54) is 0 Å². The van der Waals surface area contributed by atoms with Gasteiger partial charge in [0.1, 0.15) is 0 Å². The minimum Gasteiger partial charge on any atom is -0.350 e. The predicted octanol–water partition coefficient (Wildman–Crippen LogP) is 2.52. The highest BCUT2D eigenvalue weighted by Gasteiger charge is 2.24. The van der Waals surface area contributed by atoms with Crippen molar-refractivity contribution < 1.29 is 9.59 Å². The molecule has 1 N–H and O–H groups in total. The summed E-state index contributed by atoms with van der Waals surface area (Å²) < 4.78 is 0. The van der Waals surface area contributed by atoms with Crippen molar-refractivity contribution >= 4 is 17.9 Å². The minimum atomic E-state index is -0.0947. The lowest BCUT2D eigenvalue weighted by atomic mass is 10.0. The fraction of sp³-hybridized carbons (Fsp3) is 0.250. The van der Waals surface area contributed by atoms with Crippen molar-refractivity contribution in [1.29, 1.82) is 0 Å². The van der Waals surface area contributed by atoms with Crippen LogP contribution in [0.2, 0.25) is 0 Å². The normalized spacial score (nSPS) is 15.3. The van der Waals surface area contributed by atoms with Gasteiger partial charge in [-0.15, -0.1) is 0 Å². The lowest BCUT2D eigenvalue weighted by Crippen LogP contribution is -2.46. The van der Waals surface area contributed by atoms with Crippen LogP contribution in [-0.4, -0.2) is 40.8 Å². The Hall–Kier alpha value is -2.95. The molecule has 1 aromatic carbocycles. The minimum absolute atomic E-state index is 0.0242. The maximum atomic E-state index is 12.4. The number of amides is 2. The topological polar surface area (TPSA) is 62.3 Å². The number of carbonyl (C=O) groups excluding carboxylic acids is 2. The van der Waals surface area contributed by atoms with E-state index in [2.05, 4.69) is 10.3 Å². The molecule has 2 aromatic rings. The number of pyridine rings is 1. The molecule has 1 fully saturated rings. The Balaban J connectivity index is 1.47. The molecule has 128 valence electrons. The molecule has 0 atom stereocenters. The molecule has 3 rings (SSSR count). The van der Waals surface area contributed by atoms with E-state index in [-0.39, 0.29) is 17.9 Å². The number of benzene rings is 1. The number of hydrogen-bond acceptors (Lipinski definition) is 3. The van der Waals surface area contributed by atoms with Crippen molar-refractivity contribution in [3.05, 3.63) is 72.1 Å². The molecule has 0 radical (unpaired) electrons. The van der Waals surface area contributed by atoms with E-state index in [1.807, 2.05) is 35.2 Å². The van der Waals surface area contributed by atoms with E-state index < -0.39 is 0 Å². The molecule has 2 heterocycles. The van der Waals surface area contributed by atoms with Crippen molar-refractivity contribution in [1.82, 2.24) is 15.2 Å². The summed E-state index contributed by atoms with van der Waals surface area (Å²) >= 11 is 0. The lowest BCUT2D eigenvalue weighted by Gasteiger charge is -2.32. The maximum absolute atomic E-state index is 12.4. The van der Waals surface area contributed by atoms with Gasteiger partial charge in [0.2, 0.25) is 5.91 Å². The van der Waals surface area contributed by atoms with Gasteiger partial charge < -0.3 is 10.2 Å². The number of aromatic nitrogens is 1. The second-order valence-corrected chi connectivity index (χ2v) is 6.05. The SMILES string of the molecule is O=C(/C=C/c1ccccc1)NC1CCN(C(=O)c2ccncc2)CC1. The summed E-state index contributed by atoms with van der Waals surface area (Å²) in [6.45, 7) is 1.29. The van der Waals surface area contributed by atoms with Gasteiger partial charge in [0.15, 0.2) is 0 Å². The Bertz CT molecular complexity index is 736. The molecule has 1 saturated heterocycles. The van der Waals surface area contributed by atoms with Crippen LogP contribution in [0.15, 0.2) is 60.9 Å². The molecule has 0 aliphatic carbocycles. The third kappa shape index (κ3) is 4.76. The van der Waals surface area contributed by atoms with Crippen molar-refractivity contribution in [2.24, 2.45) is 0 Å². The Morgan fingerprint density at radius 2 is 1.72 bits per heavy atom. The second-order valence-electron chi connectivity index (χ2n) is 6.05. The molecule has 0 bridgehead atoms. The van der Waals surface area contributed by atoms with Crippen LogP contribution in [0.25, 0.3) is 6.08 Å². The van der Waals surface area contributed by atoms with Crippen LogP contribution in [0.4, 0.5) is 0 Å². The number of nitrogens with zero attached hydrogens (tertiary/aromatic N) is 2. The van der Waals surface area contributed by atoms with Crippen molar-refractivity contribution in [3.8, 4) is 0 Å². The Morgan fingerprint density at radius 1 is 1.04 bits per heavy atom. The highest BCUT2D eigenvalue weighted by Crippen LogP contribution is 2.14. The maximum Gasteiger partial charge on any atom is 0.253 e. The fourth-order valence-corrected chi connectivity index (χ4v) is 2.89. The van der Waals surface area contributed by atoms with E-state index in [0.717, 1.165) is 18.4 Å². The standard InChI is InChI=1S/C20H21N3O2/c24-19(7-6-16-4-2-1-3-5-16)22-18-10-14-23(15-11-18)20(25)17-8-12-21-13-9-17/h1-9,12-13,18H,10-11,14-15H2,(H,22,24)/b7-6+. The molecule has 1 aliphatic rings. The number of likely N-dealkylation sites (tertiary alicyclic amines) is 1. The number of carbonyl (C=O) groups is 2. The number of hydrogen-bond donors (Lipinski definition) is 1. The fourth-order valence-electron chi connectivity index (χ4n) is 2.89. The third-order valence-electron chi connectivity index (χ3n) is 4.28. The molecule has 25 heavy (non-hydrogen) atoms. The summed E-state index contributed by atoms with van der Waals surface area (Å²) in [5, 5.41) is 3.01. The van der Waals surface area contributed by atoms with Crippen LogP contribution in [0.3, 0.4) is 0 Å². The first-order valence-electron chi connectivity index (χ1n) is 8.45. The third-order valence-corrected chi connectivity index (χ3v) is 4.28. The summed E-state index contributed by atoms with van der Waals surface area (Å²) in [6.07, 6.45) is 8.14. The summed E-state index contributed by atoms with van der Waals surface area (Å²) in [7, 11) is 0. The van der Waals surface area contributed by atoms with Crippen molar-refractivity contribution in [2.45, 2.75) is 18.9 Å². The first kappa shape index (κ1) is 16.9. The molecular weight excluding hydrogens is 314 g/mol.